The van der Waals surface area contributed by atoms with Crippen molar-refractivity contribution < 1.29 is 4.74 Å². The highest BCUT2D eigenvalue weighted by atomic mass is 16.5. The smallest absolute Gasteiger partial charge is 0.0825 e. The molecule has 0 spiro atoms. The van der Waals surface area contributed by atoms with Crippen LogP contribution in [-0.2, 0) is 11.2 Å². The fraction of sp³-hybridized carbons (Fsp3) is 0.600. The maximum atomic E-state index is 6.27. The van der Waals surface area contributed by atoms with Gasteiger partial charge in [0.15, 0.2) is 0 Å². The molecule has 0 saturated carbocycles. The van der Waals surface area contributed by atoms with E-state index in [1.165, 1.54) is 106 Å². The molecule has 0 aliphatic carbocycles. The Morgan fingerprint density at radius 1 is 0.677 bits per heavy atom. The quantitative estimate of drug-likeness (QED) is 0.293. The van der Waals surface area contributed by atoms with E-state index in [9.17, 15) is 0 Å². The molecule has 2 aromatic rings. The number of ether oxygens (including phenoxy) is 1. The van der Waals surface area contributed by atoms with E-state index >= 15 is 0 Å². The van der Waals surface area contributed by atoms with Crippen LogP contribution in [0.1, 0.15) is 108 Å². The van der Waals surface area contributed by atoms with Crippen molar-refractivity contribution >= 4 is 0 Å². The summed E-state index contributed by atoms with van der Waals surface area (Å²) in [7, 11) is 0. The second kappa shape index (κ2) is 13.7. The van der Waals surface area contributed by atoms with Crippen molar-refractivity contribution in [1.82, 2.24) is 0 Å². The Balaban J connectivity index is 1.43. The summed E-state index contributed by atoms with van der Waals surface area (Å²) in [6, 6.07) is 18.3. The van der Waals surface area contributed by atoms with Crippen molar-refractivity contribution in [1.29, 1.82) is 0 Å². The molecular weight excluding hydrogens is 376 g/mol. The van der Waals surface area contributed by atoms with Gasteiger partial charge in [-0.15, -0.1) is 0 Å². The van der Waals surface area contributed by atoms with Crippen LogP contribution < -0.4 is 0 Å². The lowest BCUT2D eigenvalue weighted by Crippen LogP contribution is -2.20. The van der Waals surface area contributed by atoms with E-state index < -0.39 is 0 Å². The lowest BCUT2D eigenvalue weighted by Gasteiger charge is -2.29. The lowest BCUT2D eigenvalue weighted by atomic mass is 9.90. The largest absolute Gasteiger partial charge is 0.373 e. The minimum atomic E-state index is 0.288. The van der Waals surface area contributed by atoms with E-state index in [1.54, 1.807) is 0 Å². The average molecular weight is 421 g/mol. The van der Waals surface area contributed by atoms with Gasteiger partial charge in [-0.25, -0.2) is 0 Å². The topological polar surface area (TPSA) is 9.23 Å². The summed E-state index contributed by atoms with van der Waals surface area (Å²) in [5.41, 5.74) is 5.43. The minimum Gasteiger partial charge on any atom is -0.373 e. The van der Waals surface area contributed by atoms with E-state index in [0.717, 1.165) is 12.5 Å². The summed E-state index contributed by atoms with van der Waals surface area (Å²) >= 11 is 0. The summed E-state index contributed by atoms with van der Waals surface area (Å²) in [6.07, 6.45) is 17.6. The summed E-state index contributed by atoms with van der Waals surface area (Å²) in [4.78, 5) is 0. The van der Waals surface area contributed by atoms with Crippen LogP contribution in [0.3, 0.4) is 0 Å². The molecule has 1 fully saturated rings. The van der Waals surface area contributed by atoms with Crippen LogP contribution >= 0.6 is 0 Å². The molecule has 3 rings (SSSR count). The highest BCUT2D eigenvalue weighted by molar-refractivity contribution is 5.64. The fourth-order valence-corrected chi connectivity index (χ4v) is 4.84. The first-order valence-corrected chi connectivity index (χ1v) is 13.1. The van der Waals surface area contributed by atoms with Gasteiger partial charge in [0.2, 0.25) is 0 Å². The van der Waals surface area contributed by atoms with E-state index in [4.69, 9.17) is 4.74 Å². The highest BCUT2D eigenvalue weighted by Crippen LogP contribution is 2.33. The van der Waals surface area contributed by atoms with Gasteiger partial charge in [-0.2, -0.15) is 0 Å². The van der Waals surface area contributed by atoms with Gasteiger partial charge in [0.25, 0.3) is 0 Å². The van der Waals surface area contributed by atoms with Crippen LogP contribution in [0.4, 0.5) is 0 Å². The first kappa shape index (κ1) is 24.1. The molecule has 2 atom stereocenters. The molecule has 170 valence electrons. The molecule has 1 heteroatoms. The second-order valence-corrected chi connectivity index (χ2v) is 9.60. The van der Waals surface area contributed by atoms with Crippen molar-refractivity contribution in [3.8, 4) is 11.1 Å². The normalized spacial score (nSPS) is 18.9. The van der Waals surface area contributed by atoms with E-state index in [2.05, 4.69) is 62.4 Å². The predicted octanol–water partition coefficient (Wildman–Crippen LogP) is 9.30. The minimum absolute atomic E-state index is 0.288. The van der Waals surface area contributed by atoms with Crippen molar-refractivity contribution in [2.75, 3.05) is 6.61 Å². The van der Waals surface area contributed by atoms with Crippen LogP contribution in [0.15, 0.2) is 48.5 Å². The van der Waals surface area contributed by atoms with Gasteiger partial charge in [0.1, 0.15) is 0 Å². The summed E-state index contributed by atoms with van der Waals surface area (Å²) in [5.74, 6) is 0.776. The SMILES string of the molecule is CCCCCCCC1CCC(c2ccc(-c3ccc(CCCCCC)cc3)cc2)OC1. The Hall–Kier alpha value is -1.60. The third-order valence-electron chi connectivity index (χ3n) is 6.97. The Morgan fingerprint density at radius 3 is 1.90 bits per heavy atom. The Kier molecular flexibility index (Phi) is 10.7. The molecule has 1 nitrogen and oxygen atoms in total. The van der Waals surface area contributed by atoms with Crippen molar-refractivity contribution in [3.63, 3.8) is 0 Å². The van der Waals surface area contributed by atoms with Gasteiger partial charge < -0.3 is 4.74 Å². The number of hydrogen-bond donors (Lipinski definition) is 0. The van der Waals surface area contributed by atoms with Crippen molar-refractivity contribution in [2.45, 2.75) is 103 Å². The monoisotopic (exact) mass is 420 g/mol. The first-order chi connectivity index (χ1) is 15.3. The first-order valence-electron chi connectivity index (χ1n) is 13.1. The molecular formula is C30H44O. The standard InChI is InChI=1S/C30H44O/c1-3-5-7-9-11-13-26-16-23-30(31-24-26)29-21-19-28(20-22-29)27-17-14-25(15-18-27)12-10-8-6-4-2/h14-15,17-22,26,30H,3-13,16,23-24H2,1-2H3. The van der Waals surface area contributed by atoms with Gasteiger partial charge in [-0.05, 0) is 60.3 Å². The summed E-state index contributed by atoms with van der Waals surface area (Å²) in [5, 5.41) is 0. The second-order valence-electron chi connectivity index (χ2n) is 9.60. The molecule has 0 radical (unpaired) electrons. The Bertz CT molecular complexity index is 707. The fourth-order valence-electron chi connectivity index (χ4n) is 4.84. The number of rotatable bonds is 13. The molecule has 2 unspecified atom stereocenters. The Labute approximate surface area is 191 Å². The van der Waals surface area contributed by atoms with E-state index in [1.807, 2.05) is 0 Å². The molecule has 0 N–H and O–H groups in total. The van der Waals surface area contributed by atoms with Crippen LogP contribution in [-0.4, -0.2) is 6.61 Å². The van der Waals surface area contributed by atoms with E-state index in [-0.39, 0.29) is 6.10 Å². The molecule has 0 aromatic heterocycles. The summed E-state index contributed by atoms with van der Waals surface area (Å²) in [6.45, 7) is 5.50. The predicted molar refractivity (Wildman–Crippen MR) is 135 cm³/mol. The summed E-state index contributed by atoms with van der Waals surface area (Å²) < 4.78 is 6.27. The van der Waals surface area contributed by atoms with Crippen LogP contribution in [0.2, 0.25) is 0 Å². The van der Waals surface area contributed by atoms with Gasteiger partial charge in [-0.3, -0.25) is 0 Å². The van der Waals surface area contributed by atoms with Crippen LogP contribution in [0.5, 0.6) is 0 Å². The van der Waals surface area contributed by atoms with Crippen molar-refractivity contribution in [3.05, 3.63) is 59.7 Å². The maximum Gasteiger partial charge on any atom is 0.0825 e. The van der Waals surface area contributed by atoms with E-state index in [0.29, 0.717) is 0 Å². The number of unbranched alkanes of at least 4 members (excludes halogenated alkanes) is 7. The zero-order valence-corrected chi connectivity index (χ0v) is 20.1. The number of aryl methyl sites for hydroxylation is 1. The lowest BCUT2D eigenvalue weighted by molar-refractivity contribution is -0.0198. The molecule has 1 aliphatic rings. The van der Waals surface area contributed by atoms with Crippen molar-refractivity contribution in [2.24, 2.45) is 5.92 Å². The van der Waals surface area contributed by atoms with Gasteiger partial charge >= 0.3 is 0 Å². The molecule has 0 bridgehead atoms. The maximum absolute atomic E-state index is 6.27. The van der Waals surface area contributed by atoms with Crippen LogP contribution in [0, 0.1) is 5.92 Å². The van der Waals surface area contributed by atoms with Crippen LogP contribution in [0.25, 0.3) is 11.1 Å². The number of benzene rings is 2. The molecule has 2 aromatic carbocycles. The highest BCUT2D eigenvalue weighted by Gasteiger charge is 2.22. The van der Waals surface area contributed by atoms with Gasteiger partial charge in [0, 0.05) is 0 Å². The van der Waals surface area contributed by atoms with Gasteiger partial charge in [-0.1, -0.05) is 114 Å². The molecule has 0 amide bonds. The number of hydrogen-bond acceptors (Lipinski definition) is 1. The third kappa shape index (κ3) is 8.11. The molecule has 1 saturated heterocycles. The Morgan fingerprint density at radius 2 is 1.29 bits per heavy atom. The molecule has 31 heavy (non-hydrogen) atoms. The zero-order valence-electron chi connectivity index (χ0n) is 20.1. The third-order valence-corrected chi connectivity index (χ3v) is 6.97. The zero-order chi connectivity index (χ0) is 21.7. The average Bonchev–Trinajstić information content (AvgIpc) is 2.83. The molecule has 1 aliphatic heterocycles. The molecule has 1 heterocycles. The van der Waals surface area contributed by atoms with Gasteiger partial charge in [0.05, 0.1) is 12.7 Å².